The molecule has 0 bridgehead atoms. The van der Waals surface area contributed by atoms with Gasteiger partial charge >= 0.3 is 0 Å². The second-order valence-corrected chi connectivity index (χ2v) is 17.9. The van der Waals surface area contributed by atoms with E-state index in [2.05, 4.69) is 58.8 Å². The smallest absolute Gasteiger partial charge is 0.234 e. The van der Waals surface area contributed by atoms with Gasteiger partial charge in [0.05, 0.1) is 42.5 Å². The summed E-state index contributed by atoms with van der Waals surface area (Å²) in [6, 6.07) is 20.1. The van der Waals surface area contributed by atoms with Crippen molar-refractivity contribution in [2.45, 2.75) is 44.4 Å². The maximum absolute atomic E-state index is 12.5. The van der Waals surface area contributed by atoms with E-state index in [0.717, 1.165) is 62.6 Å². The highest BCUT2D eigenvalue weighted by molar-refractivity contribution is 7.92. The van der Waals surface area contributed by atoms with Crippen LogP contribution in [0, 0.1) is 5.92 Å². The van der Waals surface area contributed by atoms with Gasteiger partial charge in [0, 0.05) is 69.7 Å². The van der Waals surface area contributed by atoms with Crippen LogP contribution in [0.2, 0.25) is 5.02 Å². The van der Waals surface area contributed by atoms with Crippen LogP contribution in [0.15, 0.2) is 66.9 Å². The van der Waals surface area contributed by atoms with E-state index in [0.29, 0.717) is 71.3 Å². The maximum atomic E-state index is 12.5. The van der Waals surface area contributed by atoms with Crippen molar-refractivity contribution in [3.63, 3.8) is 0 Å². The molecule has 2 amide bonds. The molecule has 8 rings (SSSR count). The number of piperidine rings is 2. The van der Waals surface area contributed by atoms with Crippen LogP contribution in [0.5, 0.6) is 5.75 Å². The van der Waals surface area contributed by atoms with E-state index < -0.39 is 10.0 Å². The van der Waals surface area contributed by atoms with Gasteiger partial charge in [0.2, 0.25) is 27.8 Å². The minimum Gasteiger partial charge on any atom is -0.494 e. The standard InChI is InChI=1S/C42H50ClN9O5S/c1-57-37-26-32(10-12-35(37)46-42-44-27-34(43)40(48-42)45-36-5-3-4-30-17-21-52(39(30)36)58(2,55)56)51-24-22-49(23-25-51)18-14-28-15-19-50(20-16-28)31-8-6-29(7-9-31)33-11-13-38(53)47-41(33)54/h3-10,12,26-28,33H,11,13-25H2,1-2H3,(H,47,53,54)(H2,44,45,46,48). The van der Waals surface area contributed by atoms with Crippen LogP contribution in [0.25, 0.3) is 0 Å². The van der Waals surface area contributed by atoms with Crippen molar-refractivity contribution >= 4 is 73.6 Å². The first-order valence-corrected chi connectivity index (χ1v) is 22.2. The number of ether oxygens (including phenoxy) is 1. The number of rotatable bonds is 12. The molecule has 306 valence electrons. The molecule has 1 aromatic heterocycles. The Hall–Kier alpha value is -5.12. The highest BCUT2D eigenvalue weighted by Gasteiger charge is 2.30. The molecule has 3 fully saturated rings. The van der Waals surface area contributed by atoms with E-state index in [1.165, 1.54) is 41.7 Å². The van der Waals surface area contributed by atoms with Crippen molar-refractivity contribution in [1.82, 2.24) is 20.2 Å². The lowest BCUT2D eigenvalue weighted by molar-refractivity contribution is -0.134. The van der Waals surface area contributed by atoms with Crippen LogP contribution in [0.4, 0.5) is 40.2 Å². The molecule has 1 atom stereocenters. The molecule has 4 aromatic rings. The zero-order chi connectivity index (χ0) is 40.4. The summed E-state index contributed by atoms with van der Waals surface area (Å²) in [5.74, 6) is 1.41. The highest BCUT2D eigenvalue weighted by atomic mass is 35.5. The van der Waals surface area contributed by atoms with Crippen molar-refractivity contribution in [2.75, 3.05) is 90.5 Å². The molecule has 0 aliphatic carbocycles. The normalized spacial score (nSPS) is 19.2. The largest absolute Gasteiger partial charge is 0.494 e. The molecule has 16 heteroatoms. The summed E-state index contributed by atoms with van der Waals surface area (Å²) in [5.41, 5.74) is 6.12. The van der Waals surface area contributed by atoms with Gasteiger partial charge in [0.25, 0.3) is 0 Å². The van der Waals surface area contributed by atoms with Crippen LogP contribution >= 0.6 is 11.6 Å². The van der Waals surface area contributed by atoms with E-state index in [4.69, 9.17) is 16.3 Å². The summed E-state index contributed by atoms with van der Waals surface area (Å²) in [6.07, 6.45) is 7.86. The molecular weight excluding hydrogens is 778 g/mol. The van der Waals surface area contributed by atoms with E-state index in [1.54, 1.807) is 7.11 Å². The lowest BCUT2D eigenvalue weighted by Crippen LogP contribution is -2.47. The number of sulfonamides is 1. The Morgan fingerprint density at radius 1 is 0.862 bits per heavy atom. The minimum atomic E-state index is -3.45. The lowest BCUT2D eigenvalue weighted by Gasteiger charge is -2.38. The first-order valence-electron chi connectivity index (χ1n) is 20.0. The van der Waals surface area contributed by atoms with Gasteiger partial charge in [0.15, 0.2) is 5.82 Å². The first kappa shape index (κ1) is 39.7. The van der Waals surface area contributed by atoms with E-state index in [-0.39, 0.29) is 17.7 Å². The Morgan fingerprint density at radius 2 is 1.60 bits per heavy atom. The predicted octanol–water partition coefficient (Wildman–Crippen LogP) is 5.90. The molecule has 3 aromatic carbocycles. The van der Waals surface area contributed by atoms with Gasteiger partial charge in [0.1, 0.15) is 10.8 Å². The third kappa shape index (κ3) is 8.81. The first-order chi connectivity index (χ1) is 28.0. The molecule has 3 N–H and O–H groups in total. The Balaban J connectivity index is 0.812. The summed E-state index contributed by atoms with van der Waals surface area (Å²) in [7, 11) is -1.81. The number of fused-ring (bicyclic) bond motifs is 1. The van der Waals surface area contributed by atoms with Crippen molar-refractivity contribution in [3.05, 3.63) is 83.0 Å². The van der Waals surface area contributed by atoms with Crippen LogP contribution in [-0.4, -0.2) is 101 Å². The Labute approximate surface area is 345 Å². The number of methoxy groups -OCH3 is 1. The Morgan fingerprint density at radius 3 is 2.33 bits per heavy atom. The van der Waals surface area contributed by atoms with Crippen molar-refractivity contribution in [1.29, 1.82) is 0 Å². The topological polar surface area (TPSA) is 152 Å². The zero-order valence-electron chi connectivity index (χ0n) is 32.9. The fourth-order valence-corrected chi connectivity index (χ4v) is 9.71. The van der Waals surface area contributed by atoms with Gasteiger partial charge < -0.3 is 25.2 Å². The molecule has 4 aliphatic rings. The van der Waals surface area contributed by atoms with Gasteiger partial charge in [-0.2, -0.15) is 4.98 Å². The lowest BCUT2D eigenvalue weighted by atomic mass is 9.90. The average molecular weight is 828 g/mol. The summed E-state index contributed by atoms with van der Waals surface area (Å²) < 4.78 is 32.2. The molecule has 3 saturated heterocycles. The molecule has 0 spiro atoms. The van der Waals surface area contributed by atoms with Gasteiger partial charge in [-0.25, -0.2) is 13.4 Å². The number of piperazine rings is 1. The predicted molar refractivity (Wildman–Crippen MR) is 229 cm³/mol. The van der Waals surface area contributed by atoms with E-state index in [9.17, 15) is 18.0 Å². The summed E-state index contributed by atoms with van der Waals surface area (Å²) >= 11 is 6.52. The fraction of sp³-hybridized carbons (Fsp3) is 0.429. The number of benzene rings is 3. The molecule has 4 aliphatic heterocycles. The number of nitrogens with one attached hydrogen (secondary N) is 3. The second-order valence-electron chi connectivity index (χ2n) is 15.6. The molecule has 1 unspecified atom stereocenters. The maximum Gasteiger partial charge on any atom is 0.234 e. The number of anilines is 7. The molecule has 14 nitrogen and oxygen atoms in total. The SMILES string of the molecule is COc1cc(N2CCN(CCC3CCN(c4ccc(C5CCC(=O)NC5=O)cc4)CC3)CC2)ccc1Nc1ncc(Cl)c(Nc2cccc3c2N(S(C)(=O)=O)CC3)n1. The molecule has 0 radical (unpaired) electrons. The number of hydrogen-bond donors (Lipinski definition) is 3. The van der Waals surface area contributed by atoms with Crippen LogP contribution in [0.3, 0.4) is 0 Å². The number of imide groups is 1. The summed E-state index contributed by atoms with van der Waals surface area (Å²) in [6.45, 7) is 7.42. The average Bonchev–Trinajstić information content (AvgIpc) is 3.69. The third-order valence-electron chi connectivity index (χ3n) is 11.9. The van der Waals surface area contributed by atoms with Crippen LogP contribution < -0.4 is 34.8 Å². The zero-order valence-corrected chi connectivity index (χ0v) is 34.5. The Bertz CT molecular complexity index is 2260. The van der Waals surface area contributed by atoms with E-state index in [1.807, 2.05) is 42.5 Å². The van der Waals surface area contributed by atoms with Crippen LogP contribution in [0.1, 0.15) is 49.1 Å². The number of amides is 2. The Kier molecular flexibility index (Phi) is 11.6. The van der Waals surface area contributed by atoms with Gasteiger partial charge in [-0.1, -0.05) is 35.9 Å². The molecular formula is C42H50ClN9O5S. The van der Waals surface area contributed by atoms with Gasteiger partial charge in [-0.3, -0.25) is 24.1 Å². The van der Waals surface area contributed by atoms with Crippen molar-refractivity contribution in [3.8, 4) is 5.75 Å². The quantitative estimate of drug-likeness (QED) is 0.146. The highest BCUT2D eigenvalue weighted by Crippen LogP contribution is 2.40. The number of hydrogen-bond acceptors (Lipinski definition) is 12. The number of carbonyl (C=O) groups excluding carboxylic acids is 2. The van der Waals surface area contributed by atoms with Crippen LogP contribution in [-0.2, 0) is 26.0 Å². The third-order valence-corrected chi connectivity index (χ3v) is 13.3. The molecule has 5 heterocycles. The monoisotopic (exact) mass is 827 g/mol. The summed E-state index contributed by atoms with van der Waals surface area (Å²) in [5, 5.41) is 9.28. The number of aromatic nitrogens is 2. The number of carbonyl (C=O) groups is 2. The number of para-hydroxylation sites is 1. The van der Waals surface area contributed by atoms with Crippen molar-refractivity contribution < 1.29 is 22.7 Å². The number of halogens is 1. The second kappa shape index (κ2) is 17.0. The fourth-order valence-electron chi connectivity index (χ4n) is 8.60. The summed E-state index contributed by atoms with van der Waals surface area (Å²) in [4.78, 5) is 40.3. The van der Waals surface area contributed by atoms with E-state index >= 15 is 0 Å². The molecule has 0 saturated carbocycles. The van der Waals surface area contributed by atoms with Gasteiger partial charge in [-0.05, 0) is 86.0 Å². The molecule has 58 heavy (non-hydrogen) atoms. The number of nitrogens with zero attached hydrogens (tertiary/aromatic N) is 6. The van der Waals surface area contributed by atoms with Gasteiger partial charge in [-0.15, -0.1) is 0 Å². The minimum absolute atomic E-state index is 0.182. The van der Waals surface area contributed by atoms with Crippen molar-refractivity contribution in [2.24, 2.45) is 5.92 Å².